The van der Waals surface area contributed by atoms with Crippen molar-refractivity contribution in [3.05, 3.63) is 65.0 Å². The molecule has 1 N–H and O–H groups in total. The second-order valence-electron chi connectivity index (χ2n) is 6.28. The molecular weight excluding hydrogens is 344 g/mol. The molecule has 0 unspecified atom stereocenters. The molecule has 4 rings (SSSR count). The minimum Gasteiger partial charge on any atom is -0.354 e. The number of hydrogen-bond acceptors (Lipinski definition) is 5. The summed E-state index contributed by atoms with van der Waals surface area (Å²) in [6.07, 6.45) is 5.26. The molecule has 3 aromatic heterocycles. The van der Waals surface area contributed by atoms with Crippen molar-refractivity contribution in [2.24, 2.45) is 7.05 Å². The highest BCUT2D eigenvalue weighted by Crippen LogP contribution is 2.15. The number of nitrogens with one attached hydrogen (secondary N) is 1. The van der Waals surface area contributed by atoms with Gasteiger partial charge < -0.3 is 5.32 Å². The van der Waals surface area contributed by atoms with E-state index in [4.69, 9.17) is 0 Å². The van der Waals surface area contributed by atoms with E-state index in [0.29, 0.717) is 24.0 Å². The third kappa shape index (κ3) is 3.29. The minimum absolute atomic E-state index is 0.0789. The summed E-state index contributed by atoms with van der Waals surface area (Å²) in [5.74, 6) is -0.240. The van der Waals surface area contributed by atoms with Crippen LogP contribution in [0.2, 0.25) is 0 Å². The second-order valence-corrected chi connectivity index (χ2v) is 6.28. The van der Waals surface area contributed by atoms with Crippen molar-refractivity contribution >= 4 is 27.8 Å². The van der Waals surface area contributed by atoms with Crippen LogP contribution in [-0.2, 0) is 24.8 Å². The van der Waals surface area contributed by atoms with Gasteiger partial charge in [-0.15, -0.1) is 0 Å². The third-order valence-corrected chi connectivity index (χ3v) is 4.46. The van der Waals surface area contributed by atoms with Gasteiger partial charge in [0, 0.05) is 25.2 Å². The largest absolute Gasteiger partial charge is 0.354 e. The Morgan fingerprint density at radius 3 is 2.93 bits per heavy atom. The van der Waals surface area contributed by atoms with Crippen molar-refractivity contribution in [1.82, 2.24) is 29.6 Å². The molecule has 27 heavy (non-hydrogen) atoms. The standard InChI is InChI=1S/C19H18N6O2/c1-24-18-15(10-23-24)19(27)25(12-22-18)11-16(26)20-9-7-14-5-2-4-13-6-3-8-21-17(13)14/h2-6,8,10,12H,7,9,11H2,1H3,(H,20,26). The molecule has 0 atom stereocenters. The van der Waals surface area contributed by atoms with Gasteiger partial charge in [0.05, 0.1) is 11.7 Å². The maximum absolute atomic E-state index is 12.4. The maximum atomic E-state index is 12.4. The minimum atomic E-state index is -0.276. The lowest BCUT2D eigenvalue weighted by Gasteiger charge is -2.08. The van der Waals surface area contributed by atoms with Crippen molar-refractivity contribution in [3.8, 4) is 0 Å². The van der Waals surface area contributed by atoms with Crippen LogP contribution in [0, 0.1) is 0 Å². The van der Waals surface area contributed by atoms with Gasteiger partial charge in [0.25, 0.3) is 5.56 Å². The number of aryl methyl sites for hydroxylation is 1. The molecule has 0 aliphatic rings. The van der Waals surface area contributed by atoms with Crippen LogP contribution in [-0.4, -0.2) is 36.8 Å². The fourth-order valence-electron chi connectivity index (χ4n) is 3.10. The summed E-state index contributed by atoms with van der Waals surface area (Å²) in [7, 11) is 1.72. The molecule has 136 valence electrons. The normalized spacial score (nSPS) is 11.1. The first-order valence-electron chi connectivity index (χ1n) is 8.60. The monoisotopic (exact) mass is 362 g/mol. The highest BCUT2D eigenvalue weighted by molar-refractivity contribution is 5.81. The highest BCUT2D eigenvalue weighted by atomic mass is 16.2. The maximum Gasteiger partial charge on any atom is 0.264 e. The topological polar surface area (TPSA) is 94.7 Å². The number of carbonyl (C=O) groups excluding carboxylic acids is 1. The molecule has 0 saturated carbocycles. The summed E-state index contributed by atoms with van der Waals surface area (Å²) in [6, 6.07) is 9.91. The van der Waals surface area contributed by atoms with E-state index in [2.05, 4.69) is 20.4 Å². The molecule has 3 heterocycles. The molecule has 0 aliphatic heterocycles. The Kier molecular flexibility index (Phi) is 4.37. The van der Waals surface area contributed by atoms with Crippen LogP contribution in [0.5, 0.6) is 0 Å². The third-order valence-electron chi connectivity index (χ3n) is 4.46. The summed E-state index contributed by atoms with van der Waals surface area (Å²) in [4.78, 5) is 33.2. The van der Waals surface area contributed by atoms with Gasteiger partial charge in [-0.3, -0.25) is 23.8 Å². The zero-order valence-corrected chi connectivity index (χ0v) is 14.8. The smallest absolute Gasteiger partial charge is 0.264 e. The Bertz CT molecular complexity index is 1190. The van der Waals surface area contributed by atoms with Crippen molar-refractivity contribution < 1.29 is 4.79 Å². The van der Waals surface area contributed by atoms with E-state index in [0.717, 1.165) is 16.5 Å². The molecular formula is C19H18N6O2. The first-order valence-corrected chi connectivity index (χ1v) is 8.60. The molecule has 0 aliphatic carbocycles. The Morgan fingerprint density at radius 2 is 2.04 bits per heavy atom. The lowest BCUT2D eigenvalue weighted by Crippen LogP contribution is -2.33. The average molecular weight is 362 g/mol. The van der Waals surface area contributed by atoms with Crippen LogP contribution >= 0.6 is 0 Å². The molecule has 0 saturated heterocycles. The second kappa shape index (κ2) is 6.99. The predicted octanol–water partition coefficient (Wildman–Crippen LogP) is 1.04. The molecule has 8 heteroatoms. The van der Waals surface area contributed by atoms with Gasteiger partial charge >= 0.3 is 0 Å². The number of pyridine rings is 1. The number of fused-ring (bicyclic) bond motifs is 2. The lowest BCUT2D eigenvalue weighted by molar-refractivity contribution is -0.121. The number of nitrogens with zero attached hydrogens (tertiary/aromatic N) is 5. The number of carbonyl (C=O) groups is 1. The Morgan fingerprint density at radius 1 is 1.19 bits per heavy atom. The van der Waals surface area contributed by atoms with Gasteiger partial charge in [-0.05, 0) is 18.1 Å². The van der Waals surface area contributed by atoms with Crippen LogP contribution in [0.4, 0.5) is 0 Å². The molecule has 0 fully saturated rings. The van der Waals surface area contributed by atoms with Crippen molar-refractivity contribution in [1.29, 1.82) is 0 Å². The lowest BCUT2D eigenvalue weighted by atomic mass is 10.1. The first kappa shape index (κ1) is 16.9. The zero-order chi connectivity index (χ0) is 18.8. The van der Waals surface area contributed by atoms with E-state index < -0.39 is 0 Å². The molecule has 4 aromatic rings. The van der Waals surface area contributed by atoms with Gasteiger partial charge in [0.1, 0.15) is 18.3 Å². The number of hydrogen-bond donors (Lipinski definition) is 1. The fourth-order valence-corrected chi connectivity index (χ4v) is 3.10. The van der Waals surface area contributed by atoms with E-state index >= 15 is 0 Å². The number of para-hydroxylation sites is 1. The Hall–Kier alpha value is -3.55. The van der Waals surface area contributed by atoms with E-state index in [1.165, 1.54) is 21.8 Å². The number of rotatable bonds is 5. The van der Waals surface area contributed by atoms with Gasteiger partial charge in [-0.2, -0.15) is 5.10 Å². The Balaban J connectivity index is 1.41. The van der Waals surface area contributed by atoms with Crippen LogP contribution in [0.1, 0.15) is 5.56 Å². The summed E-state index contributed by atoms with van der Waals surface area (Å²) in [5.41, 5.74) is 2.24. The average Bonchev–Trinajstić information content (AvgIpc) is 3.06. The van der Waals surface area contributed by atoms with E-state index in [1.54, 1.807) is 13.2 Å². The Labute approximate surface area is 154 Å². The van der Waals surface area contributed by atoms with Crippen molar-refractivity contribution in [2.75, 3.05) is 6.54 Å². The van der Waals surface area contributed by atoms with Gasteiger partial charge in [-0.25, -0.2) is 4.98 Å². The zero-order valence-electron chi connectivity index (χ0n) is 14.8. The quantitative estimate of drug-likeness (QED) is 0.572. The van der Waals surface area contributed by atoms with Crippen molar-refractivity contribution in [2.45, 2.75) is 13.0 Å². The first-order chi connectivity index (χ1) is 13.1. The van der Waals surface area contributed by atoms with Crippen LogP contribution < -0.4 is 10.9 Å². The van der Waals surface area contributed by atoms with Gasteiger partial charge in [0.2, 0.25) is 5.91 Å². The van der Waals surface area contributed by atoms with Gasteiger partial charge in [-0.1, -0.05) is 24.3 Å². The van der Waals surface area contributed by atoms with Crippen molar-refractivity contribution in [3.63, 3.8) is 0 Å². The van der Waals surface area contributed by atoms with Crippen LogP contribution in [0.15, 0.2) is 53.8 Å². The summed E-state index contributed by atoms with van der Waals surface area (Å²) in [5, 5.41) is 8.34. The summed E-state index contributed by atoms with van der Waals surface area (Å²) >= 11 is 0. The number of amides is 1. The van der Waals surface area contributed by atoms with Crippen LogP contribution in [0.25, 0.3) is 21.9 Å². The van der Waals surface area contributed by atoms with E-state index in [9.17, 15) is 9.59 Å². The predicted molar refractivity (Wildman–Crippen MR) is 101 cm³/mol. The fraction of sp³-hybridized carbons (Fsp3) is 0.211. The summed E-state index contributed by atoms with van der Waals surface area (Å²) in [6.45, 7) is 0.385. The number of aromatic nitrogens is 5. The van der Waals surface area contributed by atoms with E-state index in [-0.39, 0.29) is 18.0 Å². The number of benzene rings is 1. The van der Waals surface area contributed by atoms with Crippen LogP contribution in [0.3, 0.4) is 0 Å². The molecule has 0 bridgehead atoms. The SMILES string of the molecule is Cn1ncc2c(=O)n(CC(=O)NCCc3cccc4cccnc34)cnc21. The molecule has 0 radical (unpaired) electrons. The summed E-state index contributed by atoms with van der Waals surface area (Å²) < 4.78 is 2.82. The highest BCUT2D eigenvalue weighted by Gasteiger charge is 2.11. The molecule has 8 nitrogen and oxygen atoms in total. The van der Waals surface area contributed by atoms with Gasteiger partial charge in [0.15, 0.2) is 5.65 Å². The van der Waals surface area contributed by atoms with E-state index in [1.807, 2.05) is 30.3 Å². The molecule has 0 spiro atoms. The molecule has 1 aromatic carbocycles. The molecule has 1 amide bonds.